The second-order valence-electron chi connectivity index (χ2n) is 8.27. The van der Waals surface area contributed by atoms with Crippen molar-refractivity contribution >= 4 is 27.8 Å². The van der Waals surface area contributed by atoms with Gasteiger partial charge in [-0.3, -0.25) is 5.10 Å². The fraction of sp³-hybridized carbons (Fsp3) is 0.154. The first-order valence-corrected chi connectivity index (χ1v) is 10.5. The lowest BCUT2D eigenvalue weighted by Gasteiger charge is -2.16. The molecule has 33 heavy (non-hydrogen) atoms. The van der Waals surface area contributed by atoms with Crippen molar-refractivity contribution in [3.05, 3.63) is 83.7 Å². The van der Waals surface area contributed by atoms with Crippen molar-refractivity contribution in [3.63, 3.8) is 0 Å². The molecule has 0 spiro atoms. The first-order chi connectivity index (χ1) is 15.9. The molecule has 0 aliphatic rings. The van der Waals surface area contributed by atoms with E-state index in [0.717, 1.165) is 44.8 Å². The monoisotopic (exact) mass is 445 g/mol. The summed E-state index contributed by atoms with van der Waals surface area (Å²) in [6.45, 7) is 4.09. The van der Waals surface area contributed by atoms with Gasteiger partial charge in [-0.25, -0.2) is 13.6 Å². The number of H-pyrrole nitrogens is 1. The maximum absolute atomic E-state index is 14.6. The van der Waals surface area contributed by atoms with Crippen LogP contribution in [0.25, 0.3) is 38.6 Å². The van der Waals surface area contributed by atoms with Gasteiger partial charge in [0.25, 0.3) is 0 Å². The van der Waals surface area contributed by atoms with E-state index in [9.17, 15) is 13.6 Å². The second kappa shape index (κ2) is 7.85. The number of methoxy groups -OCH3 is 1. The lowest BCUT2D eigenvalue weighted by molar-refractivity contribution is 0.0600. The summed E-state index contributed by atoms with van der Waals surface area (Å²) in [6, 6.07) is 14.5. The molecule has 5 nitrogen and oxygen atoms in total. The van der Waals surface area contributed by atoms with Gasteiger partial charge in [0.15, 0.2) is 0 Å². The quantitative estimate of drug-likeness (QED) is 0.327. The Kier molecular flexibility index (Phi) is 4.96. The highest BCUT2D eigenvalue weighted by Gasteiger charge is 2.24. The van der Waals surface area contributed by atoms with Crippen LogP contribution in [-0.2, 0) is 4.74 Å². The van der Waals surface area contributed by atoms with Gasteiger partial charge in [-0.05, 0) is 66.1 Å². The number of fused-ring (bicyclic) bond motifs is 2. The van der Waals surface area contributed by atoms with Crippen LogP contribution in [0.5, 0.6) is 0 Å². The lowest BCUT2D eigenvalue weighted by atomic mass is 9.95. The van der Waals surface area contributed by atoms with Gasteiger partial charge in [0.05, 0.1) is 29.9 Å². The predicted molar refractivity (Wildman–Crippen MR) is 124 cm³/mol. The fourth-order valence-corrected chi connectivity index (χ4v) is 4.43. The third-order valence-corrected chi connectivity index (χ3v) is 5.80. The summed E-state index contributed by atoms with van der Waals surface area (Å²) >= 11 is 0. The number of rotatable bonds is 4. The van der Waals surface area contributed by atoms with Crippen LogP contribution in [0, 0.1) is 11.6 Å². The van der Waals surface area contributed by atoms with Gasteiger partial charge in [-0.15, -0.1) is 0 Å². The standard InChI is InChI=1S/C26H21F2N3O2/c1-14(2)25-24(15-8-16(26(32)33-3)10-19(28)9-15)21-12-22-17(13-29-30-22)11-23(21)31(25)20-6-4-18(27)5-7-20/h4-14H,1-3H3,(H,29,30). The number of ether oxygens (including phenoxy) is 1. The summed E-state index contributed by atoms with van der Waals surface area (Å²) in [7, 11) is 1.27. The molecule has 0 aliphatic heterocycles. The molecular formula is C26H21F2N3O2. The van der Waals surface area contributed by atoms with Crippen molar-refractivity contribution in [1.82, 2.24) is 14.8 Å². The summed E-state index contributed by atoms with van der Waals surface area (Å²) in [6.07, 6.45) is 1.74. The van der Waals surface area contributed by atoms with E-state index in [1.54, 1.807) is 24.4 Å². The van der Waals surface area contributed by atoms with Crippen molar-refractivity contribution in [2.75, 3.05) is 7.11 Å². The summed E-state index contributed by atoms with van der Waals surface area (Å²) in [5.41, 5.74) is 4.89. The molecule has 0 amide bonds. The minimum absolute atomic E-state index is 0.0266. The molecule has 0 atom stereocenters. The van der Waals surface area contributed by atoms with Crippen molar-refractivity contribution < 1.29 is 18.3 Å². The molecule has 166 valence electrons. The van der Waals surface area contributed by atoms with E-state index in [4.69, 9.17) is 4.74 Å². The molecule has 0 aliphatic carbocycles. The zero-order valence-electron chi connectivity index (χ0n) is 18.3. The Bertz CT molecular complexity index is 1510. The smallest absolute Gasteiger partial charge is 0.337 e. The first-order valence-electron chi connectivity index (χ1n) is 10.5. The number of halogens is 2. The van der Waals surface area contributed by atoms with Gasteiger partial charge in [-0.2, -0.15) is 5.10 Å². The normalized spacial score (nSPS) is 11.6. The molecule has 5 rings (SSSR count). The third-order valence-electron chi connectivity index (χ3n) is 5.80. The fourth-order valence-electron chi connectivity index (χ4n) is 4.43. The summed E-state index contributed by atoms with van der Waals surface area (Å²) in [4.78, 5) is 12.2. The van der Waals surface area contributed by atoms with Crippen LogP contribution in [-0.4, -0.2) is 27.8 Å². The molecule has 0 bridgehead atoms. The molecule has 0 fully saturated rings. The average Bonchev–Trinajstić information content (AvgIpc) is 3.39. The van der Waals surface area contributed by atoms with Gasteiger partial charge < -0.3 is 9.30 Å². The Balaban J connectivity index is 1.93. The Morgan fingerprint density at radius 2 is 1.79 bits per heavy atom. The molecule has 5 aromatic rings. The highest BCUT2D eigenvalue weighted by atomic mass is 19.1. The van der Waals surface area contributed by atoms with E-state index in [0.29, 0.717) is 5.56 Å². The van der Waals surface area contributed by atoms with Crippen molar-refractivity contribution in [2.45, 2.75) is 19.8 Å². The maximum Gasteiger partial charge on any atom is 0.337 e. The molecule has 2 heterocycles. The molecule has 2 aromatic heterocycles. The van der Waals surface area contributed by atoms with Crippen LogP contribution >= 0.6 is 0 Å². The van der Waals surface area contributed by atoms with Crippen LogP contribution in [0.4, 0.5) is 8.78 Å². The summed E-state index contributed by atoms with van der Waals surface area (Å²) in [5, 5.41) is 8.90. The number of carbonyl (C=O) groups excluding carboxylic acids is 1. The van der Waals surface area contributed by atoms with Crippen molar-refractivity contribution in [1.29, 1.82) is 0 Å². The summed E-state index contributed by atoms with van der Waals surface area (Å²) in [5.74, 6) is -1.45. The predicted octanol–water partition coefficient (Wildman–Crippen LogP) is 6.36. The van der Waals surface area contributed by atoms with Crippen molar-refractivity contribution in [3.8, 4) is 16.8 Å². The molecule has 7 heteroatoms. The van der Waals surface area contributed by atoms with Gasteiger partial charge >= 0.3 is 5.97 Å². The van der Waals surface area contributed by atoms with Crippen molar-refractivity contribution in [2.24, 2.45) is 0 Å². The van der Waals surface area contributed by atoms with Crippen LogP contribution in [0.2, 0.25) is 0 Å². The van der Waals surface area contributed by atoms with Gasteiger partial charge in [-0.1, -0.05) is 13.8 Å². The van der Waals surface area contributed by atoms with E-state index in [2.05, 4.69) is 14.8 Å². The molecule has 0 unspecified atom stereocenters. The van der Waals surface area contributed by atoms with E-state index in [1.165, 1.54) is 25.3 Å². The number of carbonyl (C=O) groups is 1. The van der Waals surface area contributed by atoms with Crippen LogP contribution in [0.15, 0.2) is 60.8 Å². The Labute approximate surface area is 188 Å². The van der Waals surface area contributed by atoms with E-state index >= 15 is 0 Å². The Hall–Kier alpha value is -4.00. The van der Waals surface area contributed by atoms with Crippen LogP contribution in [0.1, 0.15) is 35.8 Å². The molecule has 0 saturated carbocycles. The third kappa shape index (κ3) is 3.46. The van der Waals surface area contributed by atoms with E-state index in [-0.39, 0.29) is 17.3 Å². The number of aromatic amines is 1. The van der Waals surface area contributed by atoms with Crippen LogP contribution < -0.4 is 0 Å². The minimum atomic E-state index is -0.611. The maximum atomic E-state index is 14.6. The Morgan fingerprint density at radius 1 is 1.03 bits per heavy atom. The van der Waals surface area contributed by atoms with Gasteiger partial charge in [0.1, 0.15) is 11.6 Å². The molecular weight excluding hydrogens is 424 g/mol. The lowest BCUT2D eigenvalue weighted by Crippen LogP contribution is -2.04. The zero-order chi connectivity index (χ0) is 23.3. The summed E-state index contributed by atoms with van der Waals surface area (Å²) < 4.78 is 35.2. The number of nitrogens with zero attached hydrogens (tertiary/aromatic N) is 2. The number of esters is 1. The zero-order valence-corrected chi connectivity index (χ0v) is 18.3. The topological polar surface area (TPSA) is 59.9 Å². The highest BCUT2D eigenvalue weighted by Crippen LogP contribution is 2.42. The number of hydrogen-bond donors (Lipinski definition) is 1. The Morgan fingerprint density at radius 3 is 2.48 bits per heavy atom. The van der Waals surface area contributed by atoms with E-state index < -0.39 is 11.8 Å². The minimum Gasteiger partial charge on any atom is -0.465 e. The SMILES string of the molecule is COC(=O)c1cc(F)cc(-c2c(C(C)C)n(-c3ccc(F)cc3)c3cc4cn[nH]c4cc23)c1. The number of nitrogens with one attached hydrogen (secondary N) is 1. The second-order valence-corrected chi connectivity index (χ2v) is 8.27. The largest absolute Gasteiger partial charge is 0.465 e. The van der Waals surface area contributed by atoms with Crippen LogP contribution in [0.3, 0.4) is 0 Å². The van der Waals surface area contributed by atoms with Gasteiger partial charge in [0, 0.05) is 27.7 Å². The molecule has 3 aromatic carbocycles. The molecule has 1 N–H and O–H groups in total. The number of benzene rings is 3. The number of aromatic nitrogens is 3. The highest BCUT2D eigenvalue weighted by molar-refractivity contribution is 6.06. The molecule has 0 radical (unpaired) electrons. The van der Waals surface area contributed by atoms with Gasteiger partial charge in [0.2, 0.25) is 0 Å². The van der Waals surface area contributed by atoms with E-state index in [1.807, 2.05) is 26.0 Å². The average molecular weight is 445 g/mol. The number of hydrogen-bond acceptors (Lipinski definition) is 3. The molecule has 0 saturated heterocycles. The first kappa shape index (κ1) is 20.9.